The lowest BCUT2D eigenvalue weighted by atomic mass is 9.37. The van der Waals surface area contributed by atoms with Crippen molar-refractivity contribution in [2.45, 2.75) is 53.1 Å². The number of carbonyl (C=O) groups is 2. The first-order chi connectivity index (χ1) is 11.7. The van der Waals surface area contributed by atoms with Gasteiger partial charge < -0.3 is 9.84 Å². The molecule has 4 aliphatic rings. The van der Waals surface area contributed by atoms with Gasteiger partial charge in [-0.15, -0.1) is 0 Å². The Hall–Kier alpha value is -1.42. The monoisotopic (exact) mass is 344 g/mol. The number of Topliss-reactive ketones (excluding diaryl/α,β-unsaturated/α-hetero) is 2. The SMILES string of the molecule is COC1=C(C)C(=O)C23[C@H]4[C@@H](C)C[C@H]2C=C(C)C[C@]3(C1=O)[C@@H](C)C[C@@H]4O. The Bertz CT molecular complexity index is 732. The fourth-order valence-corrected chi connectivity index (χ4v) is 7.27. The minimum atomic E-state index is -0.799. The lowest BCUT2D eigenvalue weighted by Gasteiger charge is -2.63. The van der Waals surface area contributed by atoms with Gasteiger partial charge in [0.15, 0.2) is 11.5 Å². The van der Waals surface area contributed by atoms with E-state index in [1.807, 2.05) is 6.92 Å². The molecule has 0 radical (unpaired) electrons. The topological polar surface area (TPSA) is 63.6 Å². The molecule has 2 fully saturated rings. The minimum absolute atomic E-state index is 0.0111. The zero-order chi connectivity index (χ0) is 18.3. The van der Waals surface area contributed by atoms with Crippen molar-refractivity contribution < 1.29 is 19.4 Å². The molecule has 2 saturated carbocycles. The van der Waals surface area contributed by atoms with Crippen molar-refractivity contribution in [3.63, 3.8) is 0 Å². The van der Waals surface area contributed by atoms with E-state index in [0.29, 0.717) is 18.4 Å². The molecule has 0 aliphatic heterocycles. The van der Waals surface area contributed by atoms with Crippen LogP contribution < -0.4 is 0 Å². The maximum atomic E-state index is 13.8. The molecule has 4 heteroatoms. The Morgan fingerprint density at radius 3 is 2.48 bits per heavy atom. The van der Waals surface area contributed by atoms with Crippen LogP contribution in [0.5, 0.6) is 0 Å². The molecule has 4 rings (SSSR count). The van der Waals surface area contributed by atoms with Crippen LogP contribution in [0.25, 0.3) is 0 Å². The van der Waals surface area contributed by atoms with Crippen molar-refractivity contribution in [3.05, 3.63) is 23.0 Å². The summed E-state index contributed by atoms with van der Waals surface area (Å²) >= 11 is 0. The van der Waals surface area contributed by atoms with Gasteiger partial charge in [0.05, 0.1) is 24.0 Å². The fraction of sp³-hybridized carbons (Fsp3) is 0.714. The summed E-state index contributed by atoms with van der Waals surface area (Å²) in [5.41, 5.74) is 0.0635. The van der Waals surface area contributed by atoms with E-state index in [2.05, 4.69) is 19.9 Å². The Morgan fingerprint density at radius 2 is 1.84 bits per heavy atom. The van der Waals surface area contributed by atoms with E-state index in [1.54, 1.807) is 6.92 Å². The summed E-state index contributed by atoms with van der Waals surface area (Å²) in [6, 6.07) is 0. The molecular weight excluding hydrogens is 316 g/mol. The maximum Gasteiger partial charge on any atom is 0.205 e. The Kier molecular flexibility index (Phi) is 3.45. The van der Waals surface area contributed by atoms with Crippen LogP contribution in [0.15, 0.2) is 23.0 Å². The smallest absolute Gasteiger partial charge is 0.205 e. The van der Waals surface area contributed by atoms with Crippen LogP contribution in [0.1, 0.15) is 47.0 Å². The van der Waals surface area contributed by atoms with E-state index in [9.17, 15) is 14.7 Å². The molecule has 1 unspecified atom stereocenters. The number of ketones is 2. The molecule has 4 nitrogen and oxygen atoms in total. The van der Waals surface area contributed by atoms with Gasteiger partial charge >= 0.3 is 0 Å². The summed E-state index contributed by atoms with van der Waals surface area (Å²) in [4.78, 5) is 27.5. The van der Waals surface area contributed by atoms with Crippen molar-refractivity contribution in [2.75, 3.05) is 7.11 Å². The second-order valence-electron chi connectivity index (χ2n) is 8.90. The Labute approximate surface area is 149 Å². The molecule has 4 aliphatic carbocycles. The van der Waals surface area contributed by atoms with E-state index in [4.69, 9.17) is 4.74 Å². The standard InChI is InChI=1S/C21H28O4/c1-10-6-14-7-11(2)16-15(22)8-12(3)20(9-10)19(24)17(25-5)13(4)18(23)21(14,16)20/h6,11-12,14-16,22H,7-9H2,1-5H3/t11-,12-,14+,15-,16-,20+,21?/m0/s1. The first kappa shape index (κ1) is 17.0. The van der Waals surface area contributed by atoms with Crippen molar-refractivity contribution in [2.24, 2.45) is 34.5 Å². The molecule has 1 N–H and O–H groups in total. The van der Waals surface area contributed by atoms with Gasteiger partial charge in [-0.1, -0.05) is 25.5 Å². The fourth-order valence-electron chi connectivity index (χ4n) is 7.27. The van der Waals surface area contributed by atoms with Crippen LogP contribution in [0, 0.1) is 34.5 Å². The third-order valence-corrected chi connectivity index (χ3v) is 7.85. The average molecular weight is 344 g/mol. The molecular formula is C21H28O4. The Balaban J connectivity index is 2.11. The van der Waals surface area contributed by atoms with Crippen LogP contribution >= 0.6 is 0 Å². The number of aliphatic hydroxyl groups excluding tert-OH is 1. The molecule has 7 atom stereocenters. The summed E-state index contributed by atoms with van der Waals surface area (Å²) in [6.45, 7) is 7.97. The molecule has 0 aromatic heterocycles. The molecule has 0 aromatic carbocycles. The summed E-state index contributed by atoms with van der Waals surface area (Å²) in [6.07, 6.45) is 3.73. The number of carbonyl (C=O) groups excluding carboxylic acids is 2. The quantitative estimate of drug-likeness (QED) is 0.743. The van der Waals surface area contributed by atoms with Crippen LogP contribution in [0.2, 0.25) is 0 Å². The molecule has 0 aromatic rings. The second kappa shape index (κ2) is 5.06. The largest absolute Gasteiger partial charge is 0.493 e. The summed E-state index contributed by atoms with van der Waals surface area (Å²) in [7, 11) is 1.48. The van der Waals surface area contributed by atoms with Gasteiger partial charge in [0.25, 0.3) is 0 Å². The highest BCUT2D eigenvalue weighted by Crippen LogP contribution is 2.74. The van der Waals surface area contributed by atoms with Crippen molar-refractivity contribution >= 4 is 11.6 Å². The van der Waals surface area contributed by atoms with Crippen LogP contribution in [-0.4, -0.2) is 29.9 Å². The van der Waals surface area contributed by atoms with Crippen LogP contribution in [0.4, 0.5) is 0 Å². The number of rotatable bonds is 1. The van der Waals surface area contributed by atoms with Crippen molar-refractivity contribution in [1.82, 2.24) is 0 Å². The number of hydrogen-bond acceptors (Lipinski definition) is 4. The van der Waals surface area contributed by atoms with Crippen LogP contribution in [-0.2, 0) is 14.3 Å². The third-order valence-electron chi connectivity index (χ3n) is 7.85. The van der Waals surface area contributed by atoms with Gasteiger partial charge in [0.1, 0.15) is 0 Å². The number of aliphatic hydroxyl groups is 1. The predicted octanol–water partition coefficient (Wildman–Crippen LogP) is 3.05. The lowest BCUT2D eigenvalue weighted by Crippen LogP contribution is -2.69. The highest BCUT2D eigenvalue weighted by atomic mass is 16.5. The molecule has 0 saturated heterocycles. The first-order valence-electron chi connectivity index (χ1n) is 9.43. The van der Waals surface area contributed by atoms with Gasteiger partial charge in [-0.05, 0) is 50.9 Å². The number of hydrogen-bond donors (Lipinski definition) is 1. The van der Waals surface area contributed by atoms with Gasteiger partial charge in [-0.2, -0.15) is 0 Å². The van der Waals surface area contributed by atoms with Gasteiger partial charge in [-0.25, -0.2) is 0 Å². The van der Waals surface area contributed by atoms with Crippen molar-refractivity contribution in [3.8, 4) is 0 Å². The van der Waals surface area contributed by atoms with Crippen molar-refractivity contribution in [1.29, 1.82) is 0 Å². The lowest BCUT2D eigenvalue weighted by molar-refractivity contribution is -0.188. The molecule has 0 bridgehead atoms. The normalized spacial score (nSPS) is 48.9. The van der Waals surface area contributed by atoms with E-state index in [0.717, 1.165) is 6.42 Å². The second-order valence-corrected chi connectivity index (χ2v) is 8.90. The molecule has 136 valence electrons. The summed E-state index contributed by atoms with van der Waals surface area (Å²) in [5.74, 6) is 0.324. The van der Waals surface area contributed by atoms with E-state index >= 15 is 0 Å². The third kappa shape index (κ3) is 1.63. The number of ether oxygens (including phenoxy) is 1. The Morgan fingerprint density at radius 1 is 1.16 bits per heavy atom. The zero-order valence-corrected chi connectivity index (χ0v) is 15.8. The highest BCUT2D eigenvalue weighted by molar-refractivity contribution is 6.17. The average Bonchev–Trinajstić information content (AvgIpc) is 2.84. The zero-order valence-electron chi connectivity index (χ0n) is 15.8. The molecule has 0 amide bonds. The number of methoxy groups -OCH3 is 1. The van der Waals surface area contributed by atoms with E-state index in [-0.39, 0.29) is 41.0 Å². The van der Waals surface area contributed by atoms with E-state index < -0.39 is 16.9 Å². The summed E-state index contributed by atoms with van der Waals surface area (Å²) < 4.78 is 5.43. The molecule has 25 heavy (non-hydrogen) atoms. The first-order valence-corrected chi connectivity index (χ1v) is 9.43. The van der Waals surface area contributed by atoms with Gasteiger partial charge in [-0.3, -0.25) is 9.59 Å². The van der Waals surface area contributed by atoms with Gasteiger partial charge in [0.2, 0.25) is 5.78 Å². The minimum Gasteiger partial charge on any atom is -0.493 e. The highest BCUT2D eigenvalue weighted by Gasteiger charge is 2.77. The van der Waals surface area contributed by atoms with E-state index in [1.165, 1.54) is 12.7 Å². The number of allylic oxidation sites excluding steroid dienone is 4. The van der Waals surface area contributed by atoms with Crippen LogP contribution in [0.3, 0.4) is 0 Å². The van der Waals surface area contributed by atoms with Gasteiger partial charge in [0, 0.05) is 11.5 Å². The predicted molar refractivity (Wildman–Crippen MR) is 93.5 cm³/mol. The summed E-state index contributed by atoms with van der Waals surface area (Å²) in [5, 5.41) is 11.0. The maximum absolute atomic E-state index is 13.8. The molecule has 0 heterocycles. The molecule has 1 spiro atoms.